The number of hydrogen-bond donors (Lipinski definition) is 3. The van der Waals surface area contributed by atoms with E-state index < -0.39 is 0 Å². The van der Waals surface area contributed by atoms with Crippen molar-refractivity contribution in [2.75, 3.05) is 57.8 Å². The molecule has 176 valence electrons. The van der Waals surface area contributed by atoms with Gasteiger partial charge in [-0.25, -0.2) is 4.98 Å². The molecule has 2 aliphatic rings. The van der Waals surface area contributed by atoms with Gasteiger partial charge in [-0.2, -0.15) is 0 Å². The third-order valence-corrected chi connectivity index (χ3v) is 6.63. The summed E-state index contributed by atoms with van der Waals surface area (Å²) in [6.07, 6.45) is 6.48. The molecule has 0 unspecified atom stereocenters. The van der Waals surface area contributed by atoms with Crippen LogP contribution < -0.4 is 20.9 Å². The Hall–Kier alpha value is -1.14. The first-order valence-corrected chi connectivity index (χ1v) is 12.2. The molecule has 2 saturated heterocycles. The SMILES string of the molecule is CCCNC(=O)CN1CCC(NC(=NC)NCCc2csc(N3CCCC3)n2)CC1.I. The van der Waals surface area contributed by atoms with Crippen LogP contribution in [0.3, 0.4) is 0 Å². The topological polar surface area (TPSA) is 84.9 Å². The molecule has 1 amide bonds. The van der Waals surface area contributed by atoms with Gasteiger partial charge in [0, 0.05) is 64.2 Å². The number of thiazole rings is 1. The highest BCUT2D eigenvalue weighted by Crippen LogP contribution is 2.24. The molecule has 3 N–H and O–H groups in total. The van der Waals surface area contributed by atoms with Gasteiger partial charge in [0.1, 0.15) is 0 Å². The van der Waals surface area contributed by atoms with E-state index in [1.165, 1.54) is 18.0 Å². The lowest BCUT2D eigenvalue weighted by Gasteiger charge is -2.32. The van der Waals surface area contributed by atoms with Crippen LogP contribution in [0.5, 0.6) is 0 Å². The molecule has 0 aromatic carbocycles. The van der Waals surface area contributed by atoms with Crippen molar-refractivity contribution in [2.45, 2.75) is 51.5 Å². The van der Waals surface area contributed by atoms with E-state index in [0.717, 1.165) is 76.6 Å². The molecule has 10 heteroatoms. The number of nitrogens with one attached hydrogen (secondary N) is 3. The van der Waals surface area contributed by atoms with Crippen LogP contribution in [0.15, 0.2) is 10.4 Å². The van der Waals surface area contributed by atoms with Crippen molar-refractivity contribution in [1.29, 1.82) is 0 Å². The Morgan fingerprint density at radius 1 is 1.19 bits per heavy atom. The minimum absolute atomic E-state index is 0. The van der Waals surface area contributed by atoms with E-state index >= 15 is 0 Å². The van der Waals surface area contributed by atoms with E-state index in [-0.39, 0.29) is 29.9 Å². The van der Waals surface area contributed by atoms with Gasteiger partial charge in [-0.05, 0) is 32.1 Å². The number of likely N-dealkylation sites (tertiary alicyclic amines) is 1. The molecule has 3 rings (SSSR count). The Balaban J connectivity index is 0.00000341. The van der Waals surface area contributed by atoms with E-state index in [2.05, 4.69) is 43.0 Å². The van der Waals surface area contributed by atoms with Crippen LogP contribution in [0.2, 0.25) is 0 Å². The molecule has 1 aromatic rings. The molecule has 1 aromatic heterocycles. The van der Waals surface area contributed by atoms with Gasteiger partial charge in [0.05, 0.1) is 12.2 Å². The van der Waals surface area contributed by atoms with Crippen LogP contribution in [0.4, 0.5) is 5.13 Å². The average molecular weight is 564 g/mol. The maximum atomic E-state index is 11.9. The normalized spacial score (nSPS) is 18.0. The molecule has 0 radical (unpaired) electrons. The second-order valence-corrected chi connectivity index (χ2v) is 8.95. The summed E-state index contributed by atoms with van der Waals surface area (Å²) < 4.78 is 0. The van der Waals surface area contributed by atoms with Crippen molar-refractivity contribution in [3.05, 3.63) is 11.1 Å². The average Bonchev–Trinajstić information content (AvgIpc) is 3.45. The first-order chi connectivity index (χ1) is 14.7. The Morgan fingerprint density at radius 2 is 1.94 bits per heavy atom. The van der Waals surface area contributed by atoms with E-state index in [1.54, 1.807) is 11.3 Å². The number of piperidine rings is 1. The maximum Gasteiger partial charge on any atom is 0.234 e. The van der Waals surface area contributed by atoms with Gasteiger partial charge in [0.15, 0.2) is 11.1 Å². The van der Waals surface area contributed by atoms with Crippen LogP contribution in [0.1, 0.15) is 44.7 Å². The summed E-state index contributed by atoms with van der Waals surface area (Å²) in [4.78, 5) is 25.7. The van der Waals surface area contributed by atoms with Crippen molar-refractivity contribution in [3.63, 3.8) is 0 Å². The lowest BCUT2D eigenvalue weighted by atomic mass is 10.1. The van der Waals surface area contributed by atoms with Crippen LogP contribution in [-0.4, -0.2) is 80.7 Å². The van der Waals surface area contributed by atoms with Crippen molar-refractivity contribution < 1.29 is 4.79 Å². The Bertz CT molecular complexity index is 685. The Labute approximate surface area is 207 Å². The molecular weight excluding hydrogens is 525 g/mol. The van der Waals surface area contributed by atoms with Crippen molar-refractivity contribution >= 4 is 52.3 Å². The number of rotatable bonds is 9. The third kappa shape index (κ3) is 8.72. The Kier molecular flexibility index (Phi) is 11.9. The lowest BCUT2D eigenvalue weighted by molar-refractivity contribution is -0.122. The van der Waals surface area contributed by atoms with Gasteiger partial charge in [0.2, 0.25) is 5.91 Å². The highest BCUT2D eigenvalue weighted by atomic mass is 127. The number of carbonyl (C=O) groups excluding carboxylic acids is 1. The molecule has 0 saturated carbocycles. The second-order valence-electron chi connectivity index (χ2n) is 8.11. The summed E-state index contributed by atoms with van der Waals surface area (Å²) in [5.74, 6) is 0.986. The number of guanidine groups is 1. The monoisotopic (exact) mass is 563 g/mol. The van der Waals surface area contributed by atoms with Gasteiger partial charge in [-0.15, -0.1) is 35.3 Å². The molecule has 0 bridgehead atoms. The molecular formula is C21H38IN7OS. The zero-order chi connectivity index (χ0) is 21.2. The fraction of sp³-hybridized carbons (Fsp3) is 0.762. The maximum absolute atomic E-state index is 11.9. The number of aliphatic imine (C=N–C) groups is 1. The van der Waals surface area contributed by atoms with Crippen molar-refractivity contribution in [2.24, 2.45) is 4.99 Å². The first-order valence-electron chi connectivity index (χ1n) is 11.3. The predicted molar refractivity (Wildman–Crippen MR) is 140 cm³/mol. The zero-order valence-electron chi connectivity index (χ0n) is 18.9. The molecule has 0 atom stereocenters. The third-order valence-electron chi connectivity index (χ3n) is 5.68. The minimum Gasteiger partial charge on any atom is -0.356 e. The van der Waals surface area contributed by atoms with Crippen LogP contribution >= 0.6 is 35.3 Å². The number of hydrogen-bond acceptors (Lipinski definition) is 6. The summed E-state index contributed by atoms with van der Waals surface area (Å²) in [7, 11) is 1.82. The number of halogens is 1. The minimum atomic E-state index is 0. The summed E-state index contributed by atoms with van der Waals surface area (Å²) in [5, 5.41) is 13.3. The summed E-state index contributed by atoms with van der Waals surface area (Å²) in [5.41, 5.74) is 1.15. The van der Waals surface area contributed by atoms with Gasteiger partial charge in [-0.1, -0.05) is 6.92 Å². The standard InChI is InChI=1S/C21H37N7OS.HI/c1-3-9-23-19(29)15-27-13-7-17(8-14-27)25-20(22-2)24-10-6-18-16-30-21(26-18)28-11-4-5-12-28;/h16-17H,3-15H2,1-2H3,(H,23,29)(H2,22,24,25);1H. The van der Waals surface area contributed by atoms with E-state index in [4.69, 9.17) is 4.98 Å². The smallest absolute Gasteiger partial charge is 0.234 e. The van der Waals surface area contributed by atoms with Crippen LogP contribution in [0.25, 0.3) is 0 Å². The molecule has 31 heavy (non-hydrogen) atoms. The van der Waals surface area contributed by atoms with Crippen LogP contribution in [-0.2, 0) is 11.2 Å². The molecule has 0 spiro atoms. The number of anilines is 1. The highest BCUT2D eigenvalue weighted by molar-refractivity contribution is 14.0. The fourth-order valence-corrected chi connectivity index (χ4v) is 4.83. The summed E-state index contributed by atoms with van der Waals surface area (Å²) in [6.45, 7) is 8.32. The second kappa shape index (κ2) is 14.1. The molecule has 2 aliphatic heterocycles. The van der Waals surface area contributed by atoms with E-state index in [9.17, 15) is 4.79 Å². The predicted octanol–water partition coefficient (Wildman–Crippen LogP) is 2.06. The van der Waals surface area contributed by atoms with Gasteiger partial charge < -0.3 is 20.9 Å². The number of carbonyl (C=O) groups is 1. The first kappa shape index (κ1) is 26.1. The molecule has 8 nitrogen and oxygen atoms in total. The van der Waals surface area contributed by atoms with Crippen molar-refractivity contribution in [3.8, 4) is 0 Å². The van der Waals surface area contributed by atoms with Gasteiger partial charge in [-0.3, -0.25) is 14.7 Å². The van der Waals surface area contributed by atoms with Gasteiger partial charge in [0.25, 0.3) is 0 Å². The summed E-state index contributed by atoms with van der Waals surface area (Å²) >= 11 is 1.76. The zero-order valence-corrected chi connectivity index (χ0v) is 22.0. The largest absolute Gasteiger partial charge is 0.356 e. The van der Waals surface area contributed by atoms with Crippen molar-refractivity contribution in [1.82, 2.24) is 25.8 Å². The Morgan fingerprint density at radius 3 is 2.61 bits per heavy atom. The molecule has 3 heterocycles. The fourth-order valence-electron chi connectivity index (χ4n) is 3.92. The molecule has 2 fully saturated rings. The summed E-state index contributed by atoms with van der Waals surface area (Å²) in [6, 6.07) is 0.396. The van der Waals surface area contributed by atoms with E-state index in [1.807, 2.05) is 7.05 Å². The highest BCUT2D eigenvalue weighted by Gasteiger charge is 2.21. The quantitative estimate of drug-likeness (QED) is 0.243. The number of nitrogens with zero attached hydrogens (tertiary/aromatic N) is 4. The lowest BCUT2D eigenvalue weighted by Crippen LogP contribution is -2.50. The number of aromatic nitrogens is 1. The molecule has 0 aliphatic carbocycles. The van der Waals surface area contributed by atoms with E-state index in [0.29, 0.717) is 12.6 Å². The van der Waals surface area contributed by atoms with Crippen LogP contribution in [0, 0.1) is 0 Å². The number of amides is 1. The van der Waals surface area contributed by atoms with Gasteiger partial charge >= 0.3 is 0 Å².